The lowest BCUT2D eigenvalue weighted by atomic mass is 9.93. The fraction of sp³-hybridized carbons (Fsp3) is 0.500. The number of aliphatic hydroxyl groups excluding tert-OH is 1. The number of hydrogen-bond donors (Lipinski definition) is 4. The first kappa shape index (κ1) is 20.3. The van der Waals surface area contributed by atoms with Crippen molar-refractivity contribution in [2.45, 2.75) is 44.2 Å². The van der Waals surface area contributed by atoms with E-state index in [1.807, 2.05) is 6.08 Å². The molecule has 1 aliphatic heterocycles. The van der Waals surface area contributed by atoms with Gasteiger partial charge in [0.1, 0.15) is 0 Å². The van der Waals surface area contributed by atoms with Crippen molar-refractivity contribution in [1.29, 1.82) is 0 Å². The minimum Gasteiger partial charge on any atom is -0.393 e. The highest BCUT2D eigenvalue weighted by molar-refractivity contribution is 5.89. The van der Waals surface area contributed by atoms with Crippen LogP contribution in [0, 0.1) is 0 Å². The van der Waals surface area contributed by atoms with Gasteiger partial charge in [0.05, 0.1) is 25.3 Å². The zero-order valence-corrected chi connectivity index (χ0v) is 17.0. The van der Waals surface area contributed by atoms with Gasteiger partial charge in [-0.3, -0.25) is 4.79 Å². The highest BCUT2D eigenvalue weighted by atomic mass is 16.5. The highest BCUT2D eigenvalue weighted by Crippen LogP contribution is 2.25. The van der Waals surface area contributed by atoms with Crippen molar-refractivity contribution >= 4 is 29.5 Å². The third kappa shape index (κ3) is 4.44. The van der Waals surface area contributed by atoms with Crippen molar-refractivity contribution in [2.24, 2.45) is 0 Å². The van der Waals surface area contributed by atoms with Crippen molar-refractivity contribution in [3.05, 3.63) is 29.6 Å². The lowest BCUT2D eigenvalue weighted by Crippen LogP contribution is -2.29. The standard InChI is InChI=1S/C20H27N7O3/c1-12-13(10-17(29)23-12)9-14-11-22-27-18(14)25-19(26-20(27)21-7-8-30-2)24-15-3-5-16(28)6-4-15/h9,11,15-16,28H,1,3-8,10H2,2H3,(H,23,29)(H2,21,24,25,26)/b13-9+/t15-,16-. The molecule has 0 unspecified atom stereocenters. The lowest BCUT2D eigenvalue weighted by molar-refractivity contribution is -0.118. The molecule has 1 saturated carbocycles. The first-order valence-corrected chi connectivity index (χ1v) is 10.2. The fourth-order valence-corrected chi connectivity index (χ4v) is 3.74. The van der Waals surface area contributed by atoms with Crippen LogP contribution in [-0.2, 0) is 9.53 Å². The molecule has 1 amide bonds. The maximum atomic E-state index is 11.6. The molecule has 2 aliphatic rings. The van der Waals surface area contributed by atoms with Gasteiger partial charge in [0.2, 0.25) is 17.8 Å². The van der Waals surface area contributed by atoms with Crippen LogP contribution in [0.15, 0.2) is 24.0 Å². The maximum Gasteiger partial charge on any atom is 0.229 e. The maximum absolute atomic E-state index is 11.6. The molecule has 0 spiro atoms. The largest absolute Gasteiger partial charge is 0.393 e. The summed E-state index contributed by atoms with van der Waals surface area (Å²) in [6.45, 7) is 5.00. The van der Waals surface area contributed by atoms with E-state index in [2.05, 4.69) is 37.6 Å². The molecular formula is C20H27N7O3. The van der Waals surface area contributed by atoms with Crippen LogP contribution in [0.1, 0.15) is 37.7 Å². The minimum atomic E-state index is -0.221. The van der Waals surface area contributed by atoms with Crippen molar-refractivity contribution in [3.8, 4) is 0 Å². The average Bonchev–Trinajstić information content (AvgIpc) is 3.26. The number of anilines is 2. The Kier molecular flexibility index (Phi) is 5.96. The van der Waals surface area contributed by atoms with Crippen LogP contribution in [0.3, 0.4) is 0 Å². The van der Waals surface area contributed by atoms with Gasteiger partial charge in [0.25, 0.3) is 0 Å². The van der Waals surface area contributed by atoms with E-state index in [1.165, 1.54) is 0 Å². The number of carbonyl (C=O) groups is 1. The molecule has 0 radical (unpaired) electrons. The second-order valence-corrected chi connectivity index (χ2v) is 7.65. The van der Waals surface area contributed by atoms with Gasteiger partial charge in [-0.2, -0.15) is 19.6 Å². The number of aromatic nitrogens is 4. The molecule has 0 atom stereocenters. The molecule has 2 aromatic rings. The smallest absolute Gasteiger partial charge is 0.229 e. The SMILES string of the molecule is C=C1NC(=O)C/C1=C\c1cnn2c(NCCOC)nc(N[C@H]3CC[C@H](O)CC3)nc12. The Labute approximate surface area is 174 Å². The van der Waals surface area contributed by atoms with E-state index in [9.17, 15) is 9.90 Å². The number of nitrogens with one attached hydrogen (secondary N) is 3. The van der Waals surface area contributed by atoms with Gasteiger partial charge in [-0.05, 0) is 37.3 Å². The van der Waals surface area contributed by atoms with Crippen LogP contribution < -0.4 is 16.0 Å². The molecule has 4 rings (SSSR count). The van der Waals surface area contributed by atoms with E-state index in [0.717, 1.165) is 36.8 Å². The van der Waals surface area contributed by atoms with Gasteiger partial charge >= 0.3 is 0 Å². The Morgan fingerprint density at radius 3 is 2.87 bits per heavy atom. The molecule has 0 bridgehead atoms. The van der Waals surface area contributed by atoms with E-state index < -0.39 is 0 Å². The molecule has 2 aromatic heterocycles. The number of fused-ring (bicyclic) bond motifs is 1. The first-order valence-electron chi connectivity index (χ1n) is 10.2. The van der Waals surface area contributed by atoms with Gasteiger partial charge in [-0.15, -0.1) is 0 Å². The number of aliphatic hydroxyl groups is 1. The molecule has 1 saturated heterocycles. The van der Waals surface area contributed by atoms with Crippen molar-refractivity contribution in [3.63, 3.8) is 0 Å². The first-order chi connectivity index (χ1) is 14.5. The summed E-state index contributed by atoms with van der Waals surface area (Å²) in [5.74, 6) is 0.990. The molecule has 160 valence electrons. The third-order valence-corrected chi connectivity index (χ3v) is 5.37. The summed E-state index contributed by atoms with van der Waals surface area (Å²) < 4.78 is 6.76. The van der Waals surface area contributed by atoms with E-state index >= 15 is 0 Å². The number of nitrogens with zero attached hydrogens (tertiary/aromatic N) is 4. The summed E-state index contributed by atoms with van der Waals surface area (Å²) in [5, 5.41) is 23.5. The zero-order valence-electron chi connectivity index (χ0n) is 17.0. The molecule has 0 aromatic carbocycles. The zero-order chi connectivity index (χ0) is 21.1. The lowest BCUT2D eigenvalue weighted by Gasteiger charge is -2.26. The molecule has 3 heterocycles. The molecular weight excluding hydrogens is 386 g/mol. The van der Waals surface area contributed by atoms with Gasteiger partial charge in [-0.1, -0.05) is 6.58 Å². The molecule has 4 N–H and O–H groups in total. The quantitative estimate of drug-likeness (QED) is 0.501. The number of rotatable bonds is 7. The summed E-state index contributed by atoms with van der Waals surface area (Å²) >= 11 is 0. The molecule has 10 heteroatoms. The average molecular weight is 413 g/mol. The van der Waals surface area contributed by atoms with Gasteiger partial charge in [-0.25, -0.2) is 0 Å². The Balaban J connectivity index is 1.66. The predicted octanol–water partition coefficient (Wildman–Crippen LogP) is 1.31. The normalized spacial score (nSPS) is 23.2. The van der Waals surface area contributed by atoms with Gasteiger partial charge < -0.3 is 25.8 Å². The Bertz CT molecular complexity index is 976. The number of allylic oxidation sites excluding steroid dienone is 1. The highest BCUT2D eigenvalue weighted by Gasteiger charge is 2.22. The van der Waals surface area contributed by atoms with Crippen LogP contribution in [-0.4, -0.2) is 63.0 Å². The van der Waals surface area contributed by atoms with Crippen molar-refractivity contribution in [1.82, 2.24) is 24.9 Å². The monoisotopic (exact) mass is 413 g/mol. The van der Waals surface area contributed by atoms with E-state index in [-0.39, 0.29) is 24.5 Å². The van der Waals surface area contributed by atoms with E-state index in [4.69, 9.17) is 4.74 Å². The topological polar surface area (TPSA) is 126 Å². The molecule has 1 aliphatic carbocycles. The number of hydrogen-bond acceptors (Lipinski definition) is 8. The van der Waals surface area contributed by atoms with Gasteiger partial charge in [0, 0.05) is 31.0 Å². The summed E-state index contributed by atoms with van der Waals surface area (Å²) in [6, 6.07) is 0.212. The van der Waals surface area contributed by atoms with Crippen LogP contribution in [0.2, 0.25) is 0 Å². The Hall–Kier alpha value is -2.98. The van der Waals surface area contributed by atoms with E-state index in [1.54, 1.807) is 17.8 Å². The van der Waals surface area contributed by atoms with Gasteiger partial charge in [0.15, 0.2) is 5.65 Å². The van der Waals surface area contributed by atoms with Crippen LogP contribution in [0.5, 0.6) is 0 Å². The van der Waals surface area contributed by atoms with Crippen LogP contribution in [0.25, 0.3) is 11.7 Å². The fourth-order valence-electron chi connectivity index (χ4n) is 3.74. The van der Waals surface area contributed by atoms with E-state index in [0.29, 0.717) is 36.4 Å². The molecule has 30 heavy (non-hydrogen) atoms. The predicted molar refractivity (Wildman–Crippen MR) is 113 cm³/mol. The van der Waals surface area contributed by atoms with Crippen LogP contribution in [0.4, 0.5) is 11.9 Å². The number of methoxy groups -OCH3 is 1. The summed E-state index contributed by atoms with van der Waals surface area (Å²) in [6.07, 6.45) is 6.93. The summed E-state index contributed by atoms with van der Waals surface area (Å²) in [7, 11) is 1.64. The minimum absolute atomic E-state index is 0.0684. The van der Waals surface area contributed by atoms with Crippen molar-refractivity contribution in [2.75, 3.05) is 30.9 Å². The van der Waals surface area contributed by atoms with Crippen molar-refractivity contribution < 1.29 is 14.6 Å². The third-order valence-electron chi connectivity index (χ3n) is 5.37. The molecule has 2 fully saturated rings. The molecule has 10 nitrogen and oxygen atoms in total. The number of carbonyl (C=O) groups excluding carboxylic acids is 1. The summed E-state index contributed by atoms with van der Waals surface area (Å²) in [5.41, 5.74) is 2.83. The summed E-state index contributed by atoms with van der Waals surface area (Å²) in [4.78, 5) is 20.9. The van der Waals surface area contributed by atoms with Crippen LogP contribution >= 0.6 is 0 Å². The number of amides is 1. The second kappa shape index (κ2) is 8.80. The number of ether oxygens (including phenoxy) is 1. The Morgan fingerprint density at radius 2 is 2.17 bits per heavy atom. The Morgan fingerprint density at radius 1 is 1.37 bits per heavy atom. The second-order valence-electron chi connectivity index (χ2n) is 7.65.